The summed E-state index contributed by atoms with van der Waals surface area (Å²) in [6, 6.07) is -1.13. The lowest BCUT2D eigenvalue weighted by Crippen LogP contribution is -2.32. The minimum atomic E-state index is -1.17. The van der Waals surface area contributed by atoms with Crippen molar-refractivity contribution in [2.24, 2.45) is 5.73 Å². The molecule has 122 valence electrons. The molecule has 1 heterocycles. The van der Waals surface area contributed by atoms with Crippen molar-refractivity contribution in [3.8, 4) is 5.75 Å². The van der Waals surface area contributed by atoms with Gasteiger partial charge in [-0.3, -0.25) is 4.79 Å². The van der Waals surface area contributed by atoms with Gasteiger partial charge in [-0.25, -0.2) is 4.39 Å². The molecule has 1 aromatic carbocycles. The summed E-state index contributed by atoms with van der Waals surface area (Å²) in [6.45, 7) is 5.43. The van der Waals surface area contributed by atoms with Crippen LogP contribution in [0.15, 0.2) is 6.20 Å². The Morgan fingerprint density at radius 3 is 2.50 bits per heavy atom. The molecule has 7 heteroatoms. The van der Waals surface area contributed by atoms with Crippen LogP contribution in [0, 0.1) is 18.6 Å². The van der Waals surface area contributed by atoms with Crippen molar-refractivity contribution in [1.82, 2.24) is 4.98 Å². The zero-order chi connectivity index (χ0) is 17.0. The monoisotopic (exact) mass is 314 g/mol. The number of aromatic nitrogens is 1. The van der Waals surface area contributed by atoms with E-state index >= 15 is 0 Å². The molecule has 0 fully saturated rings. The summed E-state index contributed by atoms with van der Waals surface area (Å²) < 4.78 is 32.5. The summed E-state index contributed by atoms with van der Waals surface area (Å²) in [5.74, 6) is -3.51. The van der Waals surface area contributed by atoms with Crippen LogP contribution in [-0.2, 0) is 11.2 Å². The molecule has 0 saturated carbocycles. The van der Waals surface area contributed by atoms with Gasteiger partial charge >= 0.3 is 5.97 Å². The van der Waals surface area contributed by atoms with E-state index < -0.39 is 23.6 Å². The van der Waals surface area contributed by atoms with Gasteiger partial charge in [0, 0.05) is 23.6 Å². The third-order valence-corrected chi connectivity index (χ3v) is 3.25. The number of nitrogens with two attached hydrogens (primary N) is 1. The molecule has 5 nitrogen and oxygen atoms in total. The zero-order valence-corrected chi connectivity index (χ0v) is 13.0. The molecular weight excluding hydrogens is 294 g/mol. The van der Waals surface area contributed by atoms with Gasteiger partial charge in [0.25, 0.3) is 0 Å². The fraction of sp³-hybridized carbons (Fsp3) is 0.400. The minimum Gasteiger partial charge on any atom is -0.493 e. The lowest BCUT2D eigenvalue weighted by molar-refractivity contribution is -0.138. The smallest absolute Gasteiger partial charge is 0.320 e. The Morgan fingerprint density at radius 1 is 1.41 bits per heavy atom. The first-order valence-electron chi connectivity index (χ1n) is 6.88. The quantitative estimate of drug-likeness (QED) is 0.809. The molecule has 2 rings (SSSR count). The number of aromatic amines is 1. The number of carboxylic acids is 1. The summed E-state index contributed by atoms with van der Waals surface area (Å²) in [5, 5.41) is 9.15. The zero-order valence-electron chi connectivity index (χ0n) is 13.0. The molecule has 0 amide bonds. The third-order valence-electron chi connectivity index (χ3n) is 3.25. The molecule has 0 spiro atoms. The fourth-order valence-electron chi connectivity index (χ4n) is 2.18. The average molecular weight is 314 g/mol. The summed E-state index contributed by atoms with van der Waals surface area (Å²) >= 11 is 0. The number of benzene rings is 1. The maximum Gasteiger partial charge on any atom is 0.320 e. The minimum absolute atomic E-state index is 0.0177. The number of ether oxygens (including phenoxy) is 1. The molecular formula is C15H20F2N2O3. The first-order valence-corrected chi connectivity index (χ1v) is 6.88. The van der Waals surface area contributed by atoms with Crippen molar-refractivity contribution in [3.63, 3.8) is 0 Å². The van der Waals surface area contributed by atoms with Gasteiger partial charge in [0.15, 0.2) is 11.6 Å². The largest absolute Gasteiger partial charge is 0.493 e. The second-order valence-corrected chi connectivity index (χ2v) is 4.50. The first kappa shape index (κ1) is 17.9. The second-order valence-electron chi connectivity index (χ2n) is 4.50. The second kappa shape index (κ2) is 7.22. The third kappa shape index (κ3) is 3.04. The number of H-pyrrole nitrogens is 1. The maximum absolute atomic E-state index is 13.9. The highest BCUT2D eigenvalue weighted by Crippen LogP contribution is 2.36. The fourth-order valence-corrected chi connectivity index (χ4v) is 2.18. The van der Waals surface area contributed by atoms with Crippen LogP contribution < -0.4 is 10.5 Å². The van der Waals surface area contributed by atoms with Crippen molar-refractivity contribution in [2.75, 3.05) is 7.11 Å². The van der Waals surface area contributed by atoms with Gasteiger partial charge in [-0.15, -0.1) is 0 Å². The van der Waals surface area contributed by atoms with E-state index in [0.29, 0.717) is 16.5 Å². The topological polar surface area (TPSA) is 88.3 Å². The van der Waals surface area contributed by atoms with Gasteiger partial charge < -0.3 is 20.6 Å². The number of rotatable bonds is 4. The molecule has 1 unspecified atom stereocenters. The number of carboxylic acid groups (broad SMARTS) is 1. The standard InChI is InChI=1S/C13H14F2N2O3.C2H6/c1-5-9(14)10(15)12(20-2)8-6(4-17-11(5)8)3-7(16)13(18)19;1-2/h4,7,17H,3,16H2,1-2H3,(H,18,19);1-2H3. The van der Waals surface area contributed by atoms with Gasteiger partial charge in [0.2, 0.25) is 5.82 Å². The van der Waals surface area contributed by atoms with Crippen LogP contribution in [0.3, 0.4) is 0 Å². The van der Waals surface area contributed by atoms with Gasteiger partial charge in [0.1, 0.15) is 6.04 Å². The number of aliphatic carboxylic acids is 1. The van der Waals surface area contributed by atoms with Crippen molar-refractivity contribution in [3.05, 3.63) is 29.0 Å². The van der Waals surface area contributed by atoms with E-state index in [0.717, 1.165) is 0 Å². The Morgan fingerprint density at radius 2 is 2.00 bits per heavy atom. The number of nitrogens with one attached hydrogen (secondary N) is 1. The Hall–Kier alpha value is -2.15. The highest BCUT2D eigenvalue weighted by Gasteiger charge is 2.23. The van der Waals surface area contributed by atoms with Crippen LogP contribution in [-0.4, -0.2) is 29.2 Å². The maximum atomic E-state index is 13.9. The molecule has 0 aliphatic rings. The molecule has 0 saturated heterocycles. The molecule has 22 heavy (non-hydrogen) atoms. The number of hydrogen-bond donors (Lipinski definition) is 3. The van der Waals surface area contributed by atoms with Crippen LogP contribution in [0.5, 0.6) is 5.75 Å². The number of aryl methyl sites for hydroxylation is 1. The van der Waals surface area contributed by atoms with E-state index in [1.807, 2.05) is 13.8 Å². The molecule has 1 atom stereocenters. The highest BCUT2D eigenvalue weighted by atomic mass is 19.2. The number of carbonyl (C=O) groups is 1. The van der Waals surface area contributed by atoms with Crippen molar-refractivity contribution < 1.29 is 23.4 Å². The normalized spacial score (nSPS) is 11.8. The van der Waals surface area contributed by atoms with Crippen LogP contribution in [0.4, 0.5) is 8.78 Å². The van der Waals surface area contributed by atoms with E-state index in [2.05, 4.69) is 4.98 Å². The summed E-state index contributed by atoms with van der Waals surface area (Å²) in [7, 11) is 1.22. The van der Waals surface area contributed by atoms with Crippen LogP contribution in [0.1, 0.15) is 25.0 Å². The molecule has 0 aliphatic heterocycles. The van der Waals surface area contributed by atoms with Gasteiger partial charge in [-0.05, 0) is 12.5 Å². The lowest BCUT2D eigenvalue weighted by atomic mass is 10.0. The van der Waals surface area contributed by atoms with Crippen molar-refractivity contribution in [2.45, 2.75) is 33.2 Å². The summed E-state index contributed by atoms with van der Waals surface area (Å²) in [6.07, 6.45) is 1.47. The lowest BCUT2D eigenvalue weighted by Gasteiger charge is -2.11. The average Bonchev–Trinajstić information content (AvgIpc) is 2.91. The van der Waals surface area contributed by atoms with Crippen molar-refractivity contribution in [1.29, 1.82) is 0 Å². The molecule has 4 N–H and O–H groups in total. The van der Waals surface area contributed by atoms with Gasteiger partial charge in [-0.1, -0.05) is 13.8 Å². The van der Waals surface area contributed by atoms with E-state index in [-0.39, 0.29) is 17.7 Å². The number of fused-ring (bicyclic) bond motifs is 1. The molecule has 0 aliphatic carbocycles. The Balaban J connectivity index is 0.00000116. The van der Waals surface area contributed by atoms with E-state index in [4.69, 9.17) is 15.6 Å². The molecule has 1 aromatic heterocycles. The summed E-state index contributed by atoms with van der Waals surface area (Å²) in [5.41, 5.74) is 6.41. The first-order chi connectivity index (χ1) is 10.4. The SMILES string of the molecule is CC.COc1c(F)c(F)c(C)c2[nH]cc(CC(N)C(=O)O)c12. The van der Waals surface area contributed by atoms with Crippen LogP contribution in [0.2, 0.25) is 0 Å². The van der Waals surface area contributed by atoms with Crippen LogP contribution >= 0.6 is 0 Å². The van der Waals surface area contributed by atoms with Crippen molar-refractivity contribution >= 4 is 16.9 Å². The number of halogens is 2. The van der Waals surface area contributed by atoms with E-state index in [1.54, 1.807) is 0 Å². The van der Waals surface area contributed by atoms with Gasteiger partial charge in [-0.2, -0.15) is 4.39 Å². The Kier molecular flexibility index (Phi) is 5.87. The number of methoxy groups -OCH3 is 1. The molecule has 0 radical (unpaired) electrons. The predicted molar refractivity (Wildman–Crippen MR) is 80.2 cm³/mol. The number of hydrogen-bond acceptors (Lipinski definition) is 3. The summed E-state index contributed by atoms with van der Waals surface area (Å²) in [4.78, 5) is 13.6. The van der Waals surface area contributed by atoms with Crippen LogP contribution in [0.25, 0.3) is 10.9 Å². The van der Waals surface area contributed by atoms with Gasteiger partial charge in [0.05, 0.1) is 12.6 Å². The molecule has 2 aromatic rings. The van der Waals surface area contributed by atoms with E-state index in [1.165, 1.54) is 20.2 Å². The highest BCUT2D eigenvalue weighted by molar-refractivity contribution is 5.92. The Labute approximate surface area is 127 Å². The van der Waals surface area contributed by atoms with E-state index in [9.17, 15) is 13.6 Å². The Bertz CT molecular complexity index is 683. The molecule has 0 bridgehead atoms. The predicted octanol–water partition coefficient (Wildman–Crippen LogP) is 2.74.